The molecule has 0 fully saturated rings. The largest absolute Gasteiger partial charge is 0.416 e. The topological polar surface area (TPSA) is 17.1 Å². The molecule has 0 spiro atoms. The average molecular weight is 314 g/mol. The summed E-state index contributed by atoms with van der Waals surface area (Å²) in [6, 6.07) is 14.0. The molecule has 116 valence electrons. The summed E-state index contributed by atoms with van der Waals surface area (Å²) in [6.45, 7) is 3.74. The van der Waals surface area contributed by atoms with E-state index in [9.17, 15) is 18.0 Å². The van der Waals surface area contributed by atoms with Crippen molar-refractivity contribution >= 4 is 16.9 Å². The smallest absolute Gasteiger partial charge is 0.289 e. The molecule has 0 heterocycles. The number of alkyl halides is 3. The molecule has 1 nitrogen and oxygen atoms in total. The first-order valence-electron chi connectivity index (χ1n) is 7.06. The van der Waals surface area contributed by atoms with Crippen molar-refractivity contribution in [2.75, 3.05) is 0 Å². The minimum atomic E-state index is -4.41. The number of hydrogen-bond acceptors (Lipinski definition) is 1. The van der Waals surface area contributed by atoms with Gasteiger partial charge in [0.25, 0.3) is 0 Å². The highest BCUT2D eigenvalue weighted by Crippen LogP contribution is 2.41. The first-order valence-corrected chi connectivity index (χ1v) is 7.06. The maximum atomic E-state index is 12.9. The molecule has 0 unspecified atom stereocenters. The van der Waals surface area contributed by atoms with Crippen LogP contribution in [0.3, 0.4) is 0 Å². The van der Waals surface area contributed by atoms with Gasteiger partial charge in [0.2, 0.25) is 0 Å². The average Bonchev–Trinajstić information content (AvgIpc) is 2.83. The Morgan fingerprint density at radius 1 is 0.913 bits per heavy atom. The van der Waals surface area contributed by atoms with Crippen molar-refractivity contribution in [2.45, 2.75) is 12.6 Å². The fourth-order valence-electron chi connectivity index (χ4n) is 2.74. The Labute approximate surface area is 131 Å². The molecule has 3 rings (SSSR count). The summed E-state index contributed by atoms with van der Waals surface area (Å²) in [5.74, 6) is -0.205. The van der Waals surface area contributed by atoms with Gasteiger partial charge in [0.1, 0.15) is 0 Å². The van der Waals surface area contributed by atoms with E-state index < -0.39 is 11.7 Å². The molecule has 2 aromatic carbocycles. The van der Waals surface area contributed by atoms with Gasteiger partial charge in [-0.15, -0.1) is 0 Å². The standard InChI is InChI=1S/C19H13F3O/c1-12-10-16(14-8-5-9-15(11-14)19(20,21)22)17(18(12)23)13-6-3-2-4-7-13/h2-9,11H,1,10H2. The first-order chi connectivity index (χ1) is 10.9. The molecule has 1 aliphatic rings. The van der Waals surface area contributed by atoms with Gasteiger partial charge in [-0.3, -0.25) is 4.79 Å². The fourth-order valence-corrected chi connectivity index (χ4v) is 2.74. The van der Waals surface area contributed by atoms with Crippen LogP contribution in [0.2, 0.25) is 0 Å². The van der Waals surface area contributed by atoms with Gasteiger partial charge in [-0.25, -0.2) is 0 Å². The molecule has 0 N–H and O–H groups in total. The summed E-state index contributed by atoms with van der Waals surface area (Å²) in [5.41, 5.74) is 1.82. The lowest BCUT2D eigenvalue weighted by Crippen LogP contribution is -2.05. The van der Waals surface area contributed by atoms with Gasteiger partial charge in [-0.1, -0.05) is 49.0 Å². The third-order valence-corrected chi connectivity index (χ3v) is 3.84. The second kappa shape index (κ2) is 5.54. The van der Waals surface area contributed by atoms with Crippen molar-refractivity contribution in [3.63, 3.8) is 0 Å². The number of rotatable bonds is 2. The Morgan fingerprint density at radius 3 is 2.22 bits per heavy atom. The van der Waals surface area contributed by atoms with Crippen LogP contribution in [0.25, 0.3) is 11.1 Å². The van der Waals surface area contributed by atoms with Crippen molar-refractivity contribution in [3.8, 4) is 0 Å². The highest BCUT2D eigenvalue weighted by Gasteiger charge is 2.32. The molecule has 4 heteroatoms. The predicted molar refractivity (Wildman–Crippen MR) is 83.5 cm³/mol. The Kier molecular flexibility index (Phi) is 3.68. The van der Waals surface area contributed by atoms with E-state index in [-0.39, 0.29) is 12.2 Å². The van der Waals surface area contributed by atoms with Crippen molar-refractivity contribution in [2.24, 2.45) is 0 Å². The van der Waals surface area contributed by atoms with E-state index >= 15 is 0 Å². The second-order valence-electron chi connectivity index (χ2n) is 5.41. The van der Waals surface area contributed by atoms with Gasteiger partial charge in [0.15, 0.2) is 5.78 Å². The zero-order chi connectivity index (χ0) is 16.6. The molecular formula is C19H13F3O. The van der Waals surface area contributed by atoms with Crippen molar-refractivity contribution < 1.29 is 18.0 Å². The summed E-state index contributed by atoms with van der Waals surface area (Å²) >= 11 is 0. The van der Waals surface area contributed by atoms with E-state index in [2.05, 4.69) is 6.58 Å². The quantitative estimate of drug-likeness (QED) is 0.701. The predicted octanol–water partition coefficient (Wildman–Crippen LogP) is 5.15. The number of ketones is 1. The molecule has 23 heavy (non-hydrogen) atoms. The number of hydrogen-bond donors (Lipinski definition) is 0. The minimum Gasteiger partial charge on any atom is -0.289 e. The number of halogens is 3. The Bertz CT molecular complexity index is 814. The van der Waals surface area contributed by atoms with Crippen LogP contribution < -0.4 is 0 Å². The minimum absolute atomic E-state index is 0.205. The van der Waals surface area contributed by atoms with E-state index in [4.69, 9.17) is 0 Å². The number of Topliss-reactive ketones (excluding diaryl/α,β-unsaturated/α-hetero) is 1. The molecule has 0 amide bonds. The molecule has 1 aliphatic carbocycles. The summed E-state index contributed by atoms with van der Waals surface area (Å²) < 4.78 is 38.8. The molecular weight excluding hydrogens is 301 g/mol. The van der Waals surface area contributed by atoms with E-state index in [0.29, 0.717) is 27.8 Å². The van der Waals surface area contributed by atoms with E-state index in [0.717, 1.165) is 12.1 Å². The van der Waals surface area contributed by atoms with Crippen LogP contribution in [0.15, 0.2) is 66.7 Å². The Hall–Kier alpha value is -2.62. The van der Waals surface area contributed by atoms with E-state index in [1.54, 1.807) is 30.3 Å². The van der Waals surface area contributed by atoms with Crippen molar-refractivity contribution in [1.82, 2.24) is 0 Å². The zero-order valence-corrected chi connectivity index (χ0v) is 12.2. The number of benzene rings is 2. The monoisotopic (exact) mass is 314 g/mol. The summed E-state index contributed by atoms with van der Waals surface area (Å²) in [6.07, 6.45) is -4.15. The van der Waals surface area contributed by atoms with Gasteiger partial charge in [-0.05, 0) is 34.4 Å². The number of carbonyl (C=O) groups excluding carboxylic acids is 1. The van der Waals surface area contributed by atoms with Gasteiger partial charge in [0, 0.05) is 12.0 Å². The van der Waals surface area contributed by atoms with Gasteiger partial charge >= 0.3 is 6.18 Å². The van der Waals surface area contributed by atoms with Crippen LogP contribution in [0.4, 0.5) is 13.2 Å². The Balaban J connectivity index is 2.18. The molecule has 0 saturated heterocycles. The van der Waals surface area contributed by atoms with Crippen LogP contribution in [-0.2, 0) is 11.0 Å². The summed E-state index contributed by atoms with van der Waals surface area (Å²) in [7, 11) is 0. The molecule has 0 saturated carbocycles. The van der Waals surface area contributed by atoms with Crippen LogP contribution >= 0.6 is 0 Å². The lowest BCUT2D eigenvalue weighted by atomic mass is 9.95. The normalized spacial score (nSPS) is 15.4. The highest BCUT2D eigenvalue weighted by atomic mass is 19.4. The van der Waals surface area contributed by atoms with Crippen molar-refractivity contribution in [3.05, 3.63) is 83.4 Å². The fraction of sp³-hybridized carbons (Fsp3) is 0.105. The van der Waals surface area contributed by atoms with Crippen LogP contribution in [0, 0.1) is 0 Å². The molecule has 0 aromatic heterocycles. The van der Waals surface area contributed by atoms with E-state index in [1.807, 2.05) is 6.07 Å². The van der Waals surface area contributed by atoms with Crippen LogP contribution in [0.1, 0.15) is 23.1 Å². The zero-order valence-electron chi connectivity index (χ0n) is 12.2. The molecule has 2 aromatic rings. The second-order valence-corrected chi connectivity index (χ2v) is 5.41. The van der Waals surface area contributed by atoms with Gasteiger partial charge in [0.05, 0.1) is 5.56 Å². The lowest BCUT2D eigenvalue weighted by molar-refractivity contribution is -0.137. The lowest BCUT2D eigenvalue weighted by Gasteiger charge is -2.11. The number of carbonyl (C=O) groups is 1. The SMILES string of the molecule is C=C1CC(c2cccc(C(F)(F)F)c2)=C(c2ccccc2)C1=O. The Morgan fingerprint density at radius 2 is 1.57 bits per heavy atom. The van der Waals surface area contributed by atoms with Crippen molar-refractivity contribution in [1.29, 1.82) is 0 Å². The number of allylic oxidation sites excluding steroid dienone is 3. The third-order valence-electron chi connectivity index (χ3n) is 3.84. The highest BCUT2D eigenvalue weighted by molar-refractivity contribution is 6.38. The van der Waals surface area contributed by atoms with Crippen LogP contribution in [-0.4, -0.2) is 5.78 Å². The third kappa shape index (κ3) is 2.84. The van der Waals surface area contributed by atoms with Gasteiger partial charge < -0.3 is 0 Å². The van der Waals surface area contributed by atoms with Gasteiger partial charge in [-0.2, -0.15) is 13.2 Å². The molecule has 0 atom stereocenters. The summed E-state index contributed by atoms with van der Waals surface area (Å²) in [4.78, 5) is 12.4. The maximum absolute atomic E-state index is 12.9. The molecule has 0 bridgehead atoms. The maximum Gasteiger partial charge on any atom is 0.416 e. The van der Waals surface area contributed by atoms with Crippen LogP contribution in [0.5, 0.6) is 0 Å². The summed E-state index contributed by atoms with van der Waals surface area (Å²) in [5, 5.41) is 0. The first kappa shape index (κ1) is 15.3. The molecule has 0 radical (unpaired) electrons. The molecule has 0 aliphatic heterocycles. The van der Waals surface area contributed by atoms with E-state index in [1.165, 1.54) is 6.07 Å².